The molecule has 0 atom stereocenters. The van der Waals surface area contributed by atoms with E-state index in [9.17, 15) is 18.0 Å². The first-order valence-corrected chi connectivity index (χ1v) is 10.2. The summed E-state index contributed by atoms with van der Waals surface area (Å²) in [5.74, 6) is -1.38. The molecule has 0 aliphatic carbocycles. The molecule has 4 rings (SSSR count). The summed E-state index contributed by atoms with van der Waals surface area (Å²) in [4.78, 5) is 26.0. The molecule has 1 aliphatic heterocycles. The molecule has 29 heavy (non-hydrogen) atoms. The number of hydrogen-bond donors (Lipinski definition) is 0. The molecule has 2 aromatic carbocycles. The van der Waals surface area contributed by atoms with E-state index < -0.39 is 21.9 Å². The minimum Gasteiger partial charge on any atom is -0.459 e. The third-order valence-electron chi connectivity index (χ3n) is 4.40. The van der Waals surface area contributed by atoms with Gasteiger partial charge in [-0.05, 0) is 31.2 Å². The van der Waals surface area contributed by atoms with Gasteiger partial charge in [0.1, 0.15) is 11.5 Å². The van der Waals surface area contributed by atoms with Crippen LogP contribution in [0.1, 0.15) is 26.5 Å². The van der Waals surface area contributed by atoms with E-state index in [0.717, 1.165) is 0 Å². The van der Waals surface area contributed by atoms with Gasteiger partial charge in [0.25, 0.3) is 15.9 Å². The third kappa shape index (κ3) is 3.27. The van der Waals surface area contributed by atoms with Crippen LogP contribution in [0.25, 0.3) is 5.69 Å². The van der Waals surface area contributed by atoms with Crippen molar-refractivity contribution < 1.29 is 22.7 Å². The van der Waals surface area contributed by atoms with Crippen molar-refractivity contribution in [3.63, 3.8) is 0 Å². The van der Waals surface area contributed by atoms with Crippen LogP contribution < -0.4 is 0 Å². The van der Waals surface area contributed by atoms with Crippen LogP contribution in [0.3, 0.4) is 0 Å². The number of hydrogen-bond acceptors (Lipinski definition) is 7. The third-order valence-corrected chi connectivity index (χ3v) is 6.24. The second kappa shape index (κ2) is 7.13. The van der Waals surface area contributed by atoms with Crippen molar-refractivity contribution in [2.45, 2.75) is 11.8 Å². The van der Waals surface area contributed by atoms with Gasteiger partial charge in [-0.3, -0.25) is 4.79 Å². The van der Waals surface area contributed by atoms with Crippen LogP contribution in [0.4, 0.5) is 0 Å². The molecule has 0 N–H and O–H groups in total. The Labute approximate surface area is 166 Å². The van der Waals surface area contributed by atoms with Crippen LogP contribution >= 0.6 is 0 Å². The predicted octanol–water partition coefficient (Wildman–Crippen LogP) is 1.58. The molecule has 0 unspecified atom stereocenters. The van der Waals surface area contributed by atoms with E-state index in [4.69, 9.17) is 4.74 Å². The maximum Gasteiger partial charge on any atom is 0.360 e. The molecule has 148 valence electrons. The highest BCUT2D eigenvalue weighted by Gasteiger charge is 2.40. The number of ether oxygens (including phenoxy) is 1. The molecule has 0 saturated heterocycles. The molecule has 2 heterocycles. The van der Waals surface area contributed by atoms with Crippen LogP contribution in [0.5, 0.6) is 0 Å². The normalized spacial score (nSPS) is 14.7. The van der Waals surface area contributed by atoms with Crippen molar-refractivity contribution in [3.05, 3.63) is 71.5 Å². The van der Waals surface area contributed by atoms with E-state index in [1.165, 1.54) is 16.9 Å². The van der Waals surface area contributed by atoms with Gasteiger partial charge in [0.2, 0.25) is 0 Å². The Bertz CT molecular complexity index is 1200. The fourth-order valence-electron chi connectivity index (χ4n) is 2.99. The summed E-state index contributed by atoms with van der Waals surface area (Å²) in [6, 6.07) is 15.0. The van der Waals surface area contributed by atoms with Crippen LogP contribution in [0, 0.1) is 6.92 Å². The SMILES string of the molecule is Cc1nn(-c2ccccc2)nc1C(=O)OCCN1C(=O)c2ccccc2S1(=O)=O. The highest BCUT2D eigenvalue weighted by atomic mass is 32.2. The minimum absolute atomic E-state index is 0.0211. The summed E-state index contributed by atoms with van der Waals surface area (Å²) in [5, 5.41) is 8.33. The Morgan fingerprint density at radius 2 is 1.72 bits per heavy atom. The lowest BCUT2D eigenvalue weighted by atomic mass is 10.2. The standard InChI is InChI=1S/C19H16N4O5S/c1-13-17(21-23(20-13)14-7-3-2-4-8-14)19(25)28-12-11-22-18(24)15-9-5-6-10-16(15)29(22,26)27/h2-10H,11-12H2,1H3. The van der Waals surface area contributed by atoms with Gasteiger partial charge in [-0.2, -0.15) is 9.90 Å². The molecule has 0 fully saturated rings. The van der Waals surface area contributed by atoms with Gasteiger partial charge in [0.05, 0.1) is 23.5 Å². The van der Waals surface area contributed by atoms with Gasteiger partial charge < -0.3 is 4.74 Å². The molecule has 0 spiro atoms. The Balaban J connectivity index is 1.44. The number of rotatable bonds is 5. The summed E-state index contributed by atoms with van der Waals surface area (Å²) in [6.45, 7) is 1.04. The molecule has 1 aliphatic rings. The zero-order valence-electron chi connectivity index (χ0n) is 15.3. The number of aromatic nitrogens is 3. The maximum absolute atomic E-state index is 12.5. The van der Waals surface area contributed by atoms with Crippen molar-refractivity contribution in [1.82, 2.24) is 19.3 Å². The zero-order chi connectivity index (χ0) is 20.6. The van der Waals surface area contributed by atoms with Crippen molar-refractivity contribution in [2.24, 2.45) is 0 Å². The molecular formula is C19H16N4O5S. The largest absolute Gasteiger partial charge is 0.459 e. The Morgan fingerprint density at radius 1 is 1.03 bits per heavy atom. The monoisotopic (exact) mass is 412 g/mol. The fourth-order valence-corrected chi connectivity index (χ4v) is 4.54. The fraction of sp³-hybridized carbons (Fsp3) is 0.158. The number of carbonyl (C=O) groups excluding carboxylic acids is 2. The molecule has 3 aromatic rings. The average molecular weight is 412 g/mol. The number of nitrogens with zero attached hydrogens (tertiary/aromatic N) is 4. The topological polar surface area (TPSA) is 111 Å². The lowest BCUT2D eigenvalue weighted by Crippen LogP contribution is -2.33. The number of fused-ring (bicyclic) bond motifs is 1. The summed E-state index contributed by atoms with van der Waals surface area (Å²) in [6.07, 6.45) is 0. The number of benzene rings is 2. The number of aryl methyl sites for hydroxylation is 1. The summed E-state index contributed by atoms with van der Waals surface area (Å²) in [5.41, 5.74) is 1.19. The Hall–Kier alpha value is -3.53. The molecule has 0 radical (unpaired) electrons. The molecule has 9 nitrogen and oxygen atoms in total. The number of sulfonamides is 1. The quantitative estimate of drug-likeness (QED) is 0.585. The van der Waals surface area contributed by atoms with Gasteiger partial charge in [-0.25, -0.2) is 17.5 Å². The highest BCUT2D eigenvalue weighted by molar-refractivity contribution is 7.90. The second-order valence-electron chi connectivity index (χ2n) is 6.27. The van der Waals surface area contributed by atoms with Crippen molar-refractivity contribution in [1.29, 1.82) is 0 Å². The summed E-state index contributed by atoms with van der Waals surface area (Å²) in [7, 11) is -3.94. The van der Waals surface area contributed by atoms with Gasteiger partial charge in [0, 0.05) is 0 Å². The average Bonchev–Trinajstić information content (AvgIpc) is 3.20. The number of carbonyl (C=O) groups is 2. The van der Waals surface area contributed by atoms with Crippen molar-refractivity contribution in [3.8, 4) is 5.69 Å². The van der Waals surface area contributed by atoms with Crippen LogP contribution in [-0.4, -0.2) is 52.7 Å². The first-order chi connectivity index (χ1) is 13.9. The van der Waals surface area contributed by atoms with E-state index in [2.05, 4.69) is 10.2 Å². The Kier molecular flexibility index (Phi) is 4.63. The molecule has 10 heteroatoms. The van der Waals surface area contributed by atoms with Crippen LogP contribution in [0.2, 0.25) is 0 Å². The van der Waals surface area contributed by atoms with Crippen molar-refractivity contribution in [2.75, 3.05) is 13.2 Å². The van der Waals surface area contributed by atoms with E-state index in [1.807, 2.05) is 18.2 Å². The lowest BCUT2D eigenvalue weighted by Gasteiger charge is -2.14. The predicted molar refractivity (Wildman–Crippen MR) is 101 cm³/mol. The minimum atomic E-state index is -3.94. The van der Waals surface area contributed by atoms with Gasteiger partial charge >= 0.3 is 5.97 Å². The van der Waals surface area contributed by atoms with Crippen LogP contribution in [0.15, 0.2) is 59.5 Å². The van der Waals surface area contributed by atoms with Gasteiger partial charge in [0.15, 0.2) is 5.69 Å². The van der Waals surface area contributed by atoms with Crippen LogP contribution in [-0.2, 0) is 14.8 Å². The molecule has 0 bridgehead atoms. The molecular weight excluding hydrogens is 396 g/mol. The molecule has 0 saturated carbocycles. The van der Waals surface area contributed by atoms with Gasteiger partial charge in [-0.1, -0.05) is 30.3 Å². The summed E-state index contributed by atoms with van der Waals surface area (Å²) < 4.78 is 30.8. The molecule has 1 amide bonds. The smallest absolute Gasteiger partial charge is 0.360 e. The molecule has 1 aromatic heterocycles. The number of amides is 1. The maximum atomic E-state index is 12.5. The van der Waals surface area contributed by atoms with E-state index in [1.54, 1.807) is 31.2 Å². The van der Waals surface area contributed by atoms with E-state index >= 15 is 0 Å². The lowest BCUT2D eigenvalue weighted by molar-refractivity contribution is 0.0470. The number of para-hydroxylation sites is 1. The van der Waals surface area contributed by atoms with E-state index in [-0.39, 0.29) is 29.3 Å². The number of esters is 1. The van der Waals surface area contributed by atoms with Gasteiger partial charge in [-0.15, -0.1) is 5.10 Å². The first kappa shape index (κ1) is 18.8. The highest BCUT2D eigenvalue weighted by Crippen LogP contribution is 2.29. The zero-order valence-corrected chi connectivity index (χ0v) is 16.2. The van der Waals surface area contributed by atoms with Crippen molar-refractivity contribution >= 4 is 21.9 Å². The second-order valence-corrected chi connectivity index (χ2v) is 8.10. The van der Waals surface area contributed by atoms with E-state index in [0.29, 0.717) is 15.7 Å². The Morgan fingerprint density at radius 3 is 2.45 bits per heavy atom. The summed E-state index contributed by atoms with van der Waals surface area (Å²) >= 11 is 0. The first-order valence-electron chi connectivity index (χ1n) is 8.72.